The molecule has 136 valence electrons. The van der Waals surface area contributed by atoms with E-state index in [0.29, 0.717) is 0 Å². The molecule has 0 amide bonds. The fourth-order valence-corrected chi connectivity index (χ4v) is 2.74. The van der Waals surface area contributed by atoms with E-state index in [2.05, 4.69) is 0 Å². The third kappa shape index (κ3) is 4.43. The minimum Gasteiger partial charge on any atom is -0.462 e. The van der Waals surface area contributed by atoms with Gasteiger partial charge in [-0.3, -0.25) is 14.4 Å². The van der Waals surface area contributed by atoms with Crippen molar-refractivity contribution in [2.45, 2.75) is 71.1 Å². The third-order valence-electron chi connectivity index (χ3n) is 3.46. The highest BCUT2D eigenvalue weighted by Gasteiger charge is 2.59. The molecule has 2 rings (SSSR count). The van der Waals surface area contributed by atoms with Crippen LogP contribution < -0.4 is 0 Å². The summed E-state index contributed by atoms with van der Waals surface area (Å²) in [6, 6.07) is 0. The Kier molecular flexibility index (Phi) is 5.46. The predicted octanol–water partition coefficient (Wildman–Crippen LogP) is 0.289. The SMILES string of the molecule is CC(=O)OC[C@H](OC(C)=O)[C@H]1O[C@H]2OC(C)(C)O[C@@H]2[C@H]1OC(C)=O. The van der Waals surface area contributed by atoms with E-state index in [0.717, 1.165) is 0 Å². The first kappa shape index (κ1) is 18.6. The molecule has 0 saturated carbocycles. The van der Waals surface area contributed by atoms with Crippen LogP contribution in [-0.4, -0.2) is 61.0 Å². The van der Waals surface area contributed by atoms with Crippen LogP contribution in [0.4, 0.5) is 0 Å². The van der Waals surface area contributed by atoms with Gasteiger partial charge >= 0.3 is 17.9 Å². The second kappa shape index (κ2) is 7.04. The Labute approximate surface area is 139 Å². The molecule has 0 aliphatic carbocycles. The first-order valence-corrected chi connectivity index (χ1v) is 7.58. The van der Waals surface area contributed by atoms with Crippen LogP contribution in [0, 0.1) is 0 Å². The highest BCUT2D eigenvalue weighted by molar-refractivity contribution is 5.67. The molecule has 0 spiro atoms. The van der Waals surface area contributed by atoms with Gasteiger partial charge < -0.3 is 28.4 Å². The number of rotatable bonds is 5. The Balaban J connectivity index is 2.19. The van der Waals surface area contributed by atoms with Crippen molar-refractivity contribution in [1.82, 2.24) is 0 Å². The summed E-state index contributed by atoms with van der Waals surface area (Å²) >= 11 is 0. The number of carbonyl (C=O) groups excluding carboxylic acids is 3. The minimum absolute atomic E-state index is 0.236. The summed E-state index contributed by atoms with van der Waals surface area (Å²) in [7, 11) is 0. The average molecular weight is 346 g/mol. The van der Waals surface area contributed by atoms with E-state index >= 15 is 0 Å². The second-order valence-electron chi connectivity index (χ2n) is 6.09. The van der Waals surface area contributed by atoms with Gasteiger partial charge in [0.1, 0.15) is 12.7 Å². The number of ether oxygens (including phenoxy) is 6. The number of esters is 3. The molecule has 9 heteroatoms. The van der Waals surface area contributed by atoms with Crippen molar-refractivity contribution < 1.29 is 42.8 Å². The molecule has 24 heavy (non-hydrogen) atoms. The van der Waals surface area contributed by atoms with Crippen LogP contribution in [0.1, 0.15) is 34.6 Å². The summed E-state index contributed by atoms with van der Waals surface area (Å²) in [6.07, 6.45) is -4.18. The van der Waals surface area contributed by atoms with Crippen molar-refractivity contribution in [2.75, 3.05) is 6.61 Å². The van der Waals surface area contributed by atoms with Gasteiger partial charge in [-0.15, -0.1) is 0 Å². The van der Waals surface area contributed by atoms with Crippen LogP contribution >= 0.6 is 0 Å². The summed E-state index contributed by atoms with van der Waals surface area (Å²) in [6.45, 7) is 6.87. The van der Waals surface area contributed by atoms with E-state index in [4.69, 9.17) is 28.4 Å². The van der Waals surface area contributed by atoms with E-state index in [1.54, 1.807) is 13.8 Å². The number of hydrogen-bond donors (Lipinski definition) is 0. The molecule has 2 aliphatic heterocycles. The zero-order valence-electron chi connectivity index (χ0n) is 14.3. The van der Waals surface area contributed by atoms with Crippen molar-refractivity contribution >= 4 is 17.9 Å². The summed E-state index contributed by atoms with van der Waals surface area (Å²) in [5.41, 5.74) is 0. The molecule has 0 unspecified atom stereocenters. The quantitative estimate of drug-likeness (QED) is 0.513. The minimum atomic E-state index is -0.961. The maximum Gasteiger partial charge on any atom is 0.303 e. The maximum atomic E-state index is 11.4. The van der Waals surface area contributed by atoms with Crippen molar-refractivity contribution in [3.05, 3.63) is 0 Å². The molecule has 0 aromatic carbocycles. The van der Waals surface area contributed by atoms with E-state index < -0.39 is 54.4 Å². The van der Waals surface area contributed by atoms with Gasteiger partial charge in [-0.25, -0.2) is 0 Å². The standard InChI is InChI=1S/C15H22O9/c1-7(16)19-6-10(20-8(2)17)11-12(21-9(3)18)13-14(22-11)24-15(4,5)23-13/h10-14H,6H2,1-5H3/t10-,11+,12-,13+,14-/m0/s1. The van der Waals surface area contributed by atoms with Gasteiger partial charge in [0, 0.05) is 20.8 Å². The lowest BCUT2D eigenvalue weighted by Gasteiger charge is -2.29. The number of fused-ring (bicyclic) bond motifs is 1. The summed E-state index contributed by atoms with van der Waals surface area (Å²) in [5.74, 6) is -2.57. The molecule has 5 atom stereocenters. The lowest BCUT2D eigenvalue weighted by molar-refractivity contribution is -0.234. The van der Waals surface area contributed by atoms with Gasteiger partial charge in [-0.05, 0) is 13.8 Å². The summed E-state index contributed by atoms with van der Waals surface area (Å²) in [4.78, 5) is 33.8. The molecule has 9 nitrogen and oxygen atoms in total. The van der Waals surface area contributed by atoms with Crippen molar-refractivity contribution in [2.24, 2.45) is 0 Å². The van der Waals surface area contributed by atoms with E-state index in [1.165, 1.54) is 20.8 Å². The lowest BCUT2D eigenvalue weighted by atomic mass is 10.1. The van der Waals surface area contributed by atoms with Crippen LogP contribution in [0.2, 0.25) is 0 Å². The molecule has 0 radical (unpaired) electrons. The normalized spacial score (nSPS) is 31.9. The monoisotopic (exact) mass is 346 g/mol. The Bertz CT molecular complexity index is 515. The Morgan fingerprint density at radius 2 is 1.71 bits per heavy atom. The summed E-state index contributed by atoms with van der Waals surface area (Å²) in [5, 5.41) is 0. The van der Waals surface area contributed by atoms with E-state index in [-0.39, 0.29) is 6.61 Å². The third-order valence-corrected chi connectivity index (χ3v) is 3.46. The molecule has 2 heterocycles. The number of carbonyl (C=O) groups is 3. The summed E-state index contributed by atoms with van der Waals surface area (Å²) < 4.78 is 32.5. The van der Waals surface area contributed by atoms with Crippen molar-refractivity contribution in [1.29, 1.82) is 0 Å². The molecule has 2 saturated heterocycles. The maximum absolute atomic E-state index is 11.4. The topological polar surface area (TPSA) is 107 Å². The van der Waals surface area contributed by atoms with Crippen LogP contribution in [0.25, 0.3) is 0 Å². The predicted molar refractivity (Wildman–Crippen MR) is 76.4 cm³/mol. The Morgan fingerprint density at radius 3 is 2.25 bits per heavy atom. The largest absolute Gasteiger partial charge is 0.462 e. The molecule has 2 aliphatic rings. The molecular formula is C15H22O9. The molecule has 0 aromatic rings. The van der Waals surface area contributed by atoms with Gasteiger partial charge in [0.15, 0.2) is 30.4 Å². The van der Waals surface area contributed by atoms with Crippen LogP contribution in [0.3, 0.4) is 0 Å². The highest BCUT2D eigenvalue weighted by Crippen LogP contribution is 2.40. The van der Waals surface area contributed by atoms with Crippen molar-refractivity contribution in [3.63, 3.8) is 0 Å². The average Bonchev–Trinajstić information content (AvgIpc) is 2.87. The molecule has 0 bridgehead atoms. The van der Waals surface area contributed by atoms with Gasteiger partial charge in [-0.2, -0.15) is 0 Å². The molecule has 0 N–H and O–H groups in total. The van der Waals surface area contributed by atoms with Gasteiger partial charge in [0.25, 0.3) is 0 Å². The highest BCUT2D eigenvalue weighted by atomic mass is 16.8. The zero-order chi connectivity index (χ0) is 18.1. The fourth-order valence-electron chi connectivity index (χ4n) is 2.74. The second-order valence-corrected chi connectivity index (χ2v) is 6.09. The molecular weight excluding hydrogens is 324 g/mol. The zero-order valence-corrected chi connectivity index (χ0v) is 14.3. The van der Waals surface area contributed by atoms with Crippen LogP contribution in [-0.2, 0) is 42.8 Å². The van der Waals surface area contributed by atoms with Gasteiger partial charge in [0.2, 0.25) is 0 Å². The van der Waals surface area contributed by atoms with Crippen LogP contribution in [0.15, 0.2) is 0 Å². The Hall–Kier alpha value is -1.71. The number of hydrogen-bond acceptors (Lipinski definition) is 9. The fraction of sp³-hybridized carbons (Fsp3) is 0.800. The molecule has 2 fully saturated rings. The van der Waals surface area contributed by atoms with Crippen molar-refractivity contribution in [3.8, 4) is 0 Å². The van der Waals surface area contributed by atoms with E-state index in [9.17, 15) is 14.4 Å². The first-order valence-electron chi connectivity index (χ1n) is 7.58. The van der Waals surface area contributed by atoms with E-state index in [1.807, 2.05) is 0 Å². The van der Waals surface area contributed by atoms with Gasteiger partial charge in [0.05, 0.1) is 0 Å². The molecule has 0 aromatic heterocycles. The smallest absolute Gasteiger partial charge is 0.303 e. The van der Waals surface area contributed by atoms with Crippen LogP contribution in [0.5, 0.6) is 0 Å². The Morgan fingerprint density at radius 1 is 1.04 bits per heavy atom. The first-order chi connectivity index (χ1) is 11.1. The van der Waals surface area contributed by atoms with Gasteiger partial charge in [-0.1, -0.05) is 0 Å². The lowest BCUT2D eigenvalue weighted by Crippen LogP contribution is -2.47.